The van der Waals surface area contributed by atoms with Gasteiger partial charge in [-0.25, -0.2) is 4.98 Å². The van der Waals surface area contributed by atoms with E-state index in [1.54, 1.807) is 10.6 Å². The van der Waals surface area contributed by atoms with Gasteiger partial charge >= 0.3 is 0 Å². The highest BCUT2D eigenvalue weighted by Gasteiger charge is 2.20. The lowest BCUT2D eigenvalue weighted by atomic mass is 9.84. The van der Waals surface area contributed by atoms with Crippen molar-refractivity contribution in [3.8, 4) is 27.9 Å². The number of fused-ring (bicyclic) bond motifs is 7. The maximum Gasteiger partial charge on any atom is 0.136 e. The van der Waals surface area contributed by atoms with Crippen molar-refractivity contribution in [3.05, 3.63) is 157 Å². The molecule has 0 saturated heterocycles. The third-order valence-corrected chi connectivity index (χ3v) is 9.65. The first-order chi connectivity index (χ1) is 25.7. The third-order valence-electron chi connectivity index (χ3n) is 9.65. The zero-order chi connectivity index (χ0) is 36.1. The molecule has 0 saturated carbocycles. The molecule has 0 bridgehead atoms. The molecule has 0 unspecified atom stereocenters. The molecule has 3 nitrogen and oxygen atoms in total. The summed E-state index contributed by atoms with van der Waals surface area (Å²) in [5.74, 6) is -0.146. The number of nitrogens with zero attached hydrogens (tertiary/aromatic N) is 2. The summed E-state index contributed by atoms with van der Waals surface area (Å²) < 4.78 is 49.1. The summed E-state index contributed by atoms with van der Waals surface area (Å²) in [7, 11) is 0. The van der Waals surface area contributed by atoms with Gasteiger partial charge in [0.15, 0.2) is 0 Å². The summed E-state index contributed by atoms with van der Waals surface area (Å²) in [5, 5.41) is 8.72. The van der Waals surface area contributed by atoms with Crippen molar-refractivity contribution in [1.82, 2.24) is 9.55 Å². The molecule has 0 aliphatic carbocycles. The molecule has 226 valence electrons. The van der Waals surface area contributed by atoms with Gasteiger partial charge in [-0.2, -0.15) is 0 Å². The number of aromatic nitrogens is 2. The molecule has 0 N–H and O–H groups in total. The quantitative estimate of drug-likeness (QED) is 0.184. The molecular formula is C45H30N2O. The van der Waals surface area contributed by atoms with Gasteiger partial charge in [-0.05, 0) is 97.0 Å². The second-order valence-electron chi connectivity index (χ2n) is 12.2. The van der Waals surface area contributed by atoms with Crippen LogP contribution < -0.4 is 0 Å². The molecule has 0 fully saturated rings. The summed E-state index contributed by atoms with van der Waals surface area (Å²) >= 11 is 0. The smallest absolute Gasteiger partial charge is 0.136 e. The molecule has 0 spiro atoms. The fraction of sp³-hybridized carbons (Fsp3) is 0.0444. The predicted molar refractivity (Wildman–Crippen MR) is 201 cm³/mol. The van der Waals surface area contributed by atoms with Crippen LogP contribution in [-0.2, 0) is 6.37 Å². The number of hydrogen-bond acceptors (Lipinski definition) is 2. The Morgan fingerprint density at radius 3 is 2.04 bits per heavy atom. The van der Waals surface area contributed by atoms with E-state index in [9.17, 15) is 0 Å². The number of aryl methyl sites for hydroxylation is 1. The predicted octanol–water partition coefficient (Wildman–Crippen LogP) is 12.3. The molecule has 48 heavy (non-hydrogen) atoms. The van der Waals surface area contributed by atoms with Gasteiger partial charge in [0, 0.05) is 29.7 Å². The van der Waals surface area contributed by atoms with Gasteiger partial charge in [0.25, 0.3) is 0 Å². The maximum absolute atomic E-state index is 8.61. The highest BCUT2D eigenvalue weighted by molar-refractivity contribution is 6.25. The van der Waals surface area contributed by atoms with Crippen molar-refractivity contribution in [2.45, 2.75) is 13.2 Å². The molecule has 10 aromatic rings. The van der Waals surface area contributed by atoms with E-state index in [0.717, 1.165) is 70.9 Å². The molecular weight excluding hydrogens is 585 g/mol. The van der Waals surface area contributed by atoms with Crippen LogP contribution in [0, 0.1) is 0 Å². The van der Waals surface area contributed by atoms with Gasteiger partial charge in [0.2, 0.25) is 0 Å². The molecule has 2 aromatic heterocycles. The average Bonchev–Trinajstić information content (AvgIpc) is 3.76. The second kappa shape index (κ2) is 10.4. The van der Waals surface area contributed by atoms with Crippen molar-refractivity contribution in [2.75, 3.05) is 0 Å². The largest absolute Gasteiger partial charge is 0.456 e. The van der Waals surface area contributed by atoms with Gasteiger partial charge < -0.3 is 4.42 Å². The first-order valence-electron chi connectivity index (χ1n) is 18.6. The summed E-state index contributed by atoms with van der Waals surface area (Å²) in [5.41, 5.74) is 8.06. The van der Waals surface area contributed by atoms with E-state index in [1.807, 2.05) is 54.6 Å². The third kappa shape index (κ3) is 3.91. The molecule has 10 rings (SSSR count). The van der Waals surface area contributed by atoms with Crippen LogP contribution in [0.25, 0.3) is 93.2 Å². The topological polar surface area (TPSA) is 31.0 Å². The van der Waals surface area contributed by atoms with Crippen molar-refractivity contribution in [2.24, 2.45) is 0 Å². The minimum absolute atomic E-state index is 0.146. The fourth-order valence-electron chi connectivity index (χ4n) is 7.61. The minimum atomic E-state index is -2.90. The van der Waals surface area contributed by atoms with Crippen molar-refractivity contribution < 1.29 is 11.3 Å². The lowest BCUT2D eigenvalue weighted by molar-refractivity contribution is 0.669. The maximum atomic E-state index is 8.61. The number of imidazole rings is 1. The standard InChI is InChI=1S/C45H30N2O/c1-2-42-46-38-18-8-9-19-39(38)47(42)31-25-24-28-26-30(23-22-29(28)27-31)43-32-12-3-5-14-34(32)44(35-15-6-4-13-33(35)43)37-17-11-21-41-45(37)36-16-7-10-20-40(36)48-41/h3-27H,2H2,1H3/i1D3,2D2. The van der Waals surface area contributed by atoms with E-state index in [2.05, 4.69) is 96.0 Å². The van der Waals surface area contributed by atoms with E-state index in [4.69, 9.17) is 11.3 Å². The summed E-state index contributed by atoms with van der Waals surface area (Å²) in [4.78, 5) is 4.50. The normalized spacial score (nSPS) is 14.0. The van der Waals surface area contributed by atoms with Gasteiger partial charge in [0.05, 0.1) is 11.0 Å². The monoisotopic (exact) mass is 619 g/mol. The molecule has 2 heterocycles. The van der Waals surface area contributed by atoms with Crippen LogP contribution >= 0.6 is 0 Å². The molecule has 3 heteroatoms. The van der Waals surface area contributed by atoms with Crippen molar-refractivity contribution in [1.29, 1.82) is 0 Å². The van der Waals surface area contributed by atoms with Crippen LogP contribution in [0.5, 0.6) is 0 Å². The zero-order valence-electron chi connectivity index (χ0n) is 30.7. The second-order valence-corrected chi connectivity index (χ2v) is 12.2. The molecule has 0 amide bonds. The Hall–Kier alpha value is -6.19. The highest BCUT2D eigenvalue weighted by atomic mass is 16.3. The number of hydrogen-bond donors (Lipinski definition) is 0. The first kappa shape index (κ1) is 22.4. The van der Waals surface area contributed by atoms with Crippen LogP contribution in [0.15, 0.2) is 156 Å². The highest BCUT2D eigenvalue weighted by Crippen LogP contribution is 2.47. The van der Waals surface area contributed by atoms with Gasteiger partial charge in [0.1, 0.15) is 17.0 Å². The van der Waals surface area contributed by atoms with E-state index in [1.165, 1.54) is 5.56 Å². The van der Waals surface area contributed by atoms with Crippen LogP contribution in [0.4, 0.5) is 0 Å². The lowest BCUT2D eigenvalue weighted by Gasteiger charge is -2.18. The van der Waals surface area contributed by atoms with E-state index in [0.29, 0.717) is 16.7 Å². The Balaban J connectivity index is 1.18. The number of benzene rings is 8. The number of rotatable bonds is 4. The minimum Gasteiger partial charge on any atom is -0.456 e. The van der Waals surface area contributed by atoms with Crippen LogP contribution in [0.1, 0.15) is 19.5 Å². The lowest BCUT2D eigenvalue weighted by Crippen LogP contribution is -2.00. The Morgan fingerprint density at radius 1 is 0.604 bits per heavy atom. The van der Waals surface area contributed by atoms with Gasteiger partial charge in [-0.1, -0.05) is 116 Å². The first-order valence-corrected chi connectivity index (χ1v) is 16.1. The van der Waals surface area contributed by atoms with Gasteiger partial charge in [-0.15, -0.1) is 0 Å². The Kier molecular flexibility index (Phi) is 4.85. The Labute approximate surface area is 284 Å². The van der Waals surface area contributed by atoms with Crippen molar-refractivity contribution in [3.63, 3.8) is 0 Å². The number of furan rings is 1. The summed E-state index contributed by atoms with van der Waals surface area (Å²) in [6, 6.07) is 51.3. The Bertz CT molecular complexity index is 3040. The molecule has 0 atom stereocenters. The zero-order valence-corrected chi connectivity index (χ0v) is 25.7. The van der Waals surface area contributed by atoms with Crippen LogP contribution in [0.3, 0.4) is 0 Å². The molecule has 0 radical (unpaired) electrons. The molecule has 0 aliphatic heterocycles. The van der Waals surface area contributed by atoms with Crippen LogP contribution in [0.2, 0.25) is 0 Å². The summed E-state index contributed by atoms with van der Waals surface area (Å²) in [6.07, 6.45) is -2.67. The van der Waals surface area contributed by atoms with E-state index >= 15 is 0 Å². The summed E-state index contributed by atoms with van der Waals surface area (Å²) in [6.45, 7) is -2.90. The van der Waals surface area contributed by atoms with Crippen LogP contribution in [-0.4, -0.2) is 9.55 Å². The fourth-order valence-corrected chi connectivity index (χ4v) is 7.61. The Morgan fingerprint density at radius 2 is 1.25 bits per heavy atom. The average molecular weight is 620 g/mol. The van der Waals surface area contributed by atoms with Gasteiger partial charge in [-0.3, -0.25) is 4.57 Å². The van der Waals surface area contributed by atoms with E-state index in [-0.39, 0.29) is 5.82 Å². The van der Waals surface area contributed by atoms with E-state index < -0.39 is 13.2 Å². The SMILES string of the molecule is [2H]C([2H])([2H])C([2H])([2H])c1nc2ccccc2n1-c1ccc2cc(-c3c4ccccc4c(-c4cccc5oc6ccccc6c45)c4ccccc34)ccc2c1. The number of para-hydroxylation sites is 3. The molecule has 8 aromatic carbocycles. The molecule has 0 aliphatic rings. The van der Waals surface area contributed by atoms with Crippen molar-refractivity contribution >= 4 is 65.3 Å².